The predicted octanol–water partition coefficient (Wildman–Crippen LogP) is 2.82. The molecule has 2 aromatic rings. The Morgan fingerprint density at radius 1 is 1.40 bits per heavy atom. The summed E-state index contributed by atoms with van der Waals surface area (Å²) in [4.78, 5) is 7.33. The molecule has 1 aliphatic rings. The molecule has 1 fully saturated rings. The third-order valence-electron chi connectivity index (χ3n) is 3.89. The molecule has 0 aromatic carbocycles. The molecule has 20 heavy (non-hydrogen) atoms. The molecule has 3 rings (SSSR count). The fourth-order valence-corrected chi connectivity index (χ4v) is 2.70. The number of imidazole rings is 1. The lowest BCUT2D eigenvalue weighted by Crippen LogP contribution is -2.29. The molecule has 0 aliphatic heterocycles. The van der Waals surface area contributed by atoms with Crippen LogP contribution in [0.3, 0.4) is 0 Å². The van der Waals surface area contributed by atoms with E-state index in [1.54, 1.807) is 0 Å². The van der Waals surface area contributed by atoms with Crippen molar-refractivity contribution < 1.29 is 0 Å². The van der Waals surface area contributed by atoms with Gasteiger partial charge in [-0.1, -0.05) is 19.9 Å². The van der Waals surface area contributed by atoms with Crippen molar-refractivity contribution >= 4 is 11.5 Å². The monoisotopic (exact) mass is 272 g/mol. The van der Waals surface area contributed by atoms with Crippen LogP contribution in [-0.2, 0) is 6.54 Å². The van der Waals surface area contributed by atoms with Crippen LogP contribution < -0.4 is 10.2 Å². The van der Waals surface area contributed by atoms with Crippen LogP contribution in [0.2, 0.25) is 0 Å². The fourth-order valence-electron chi connectivity index (χ4n) is 2.70. The Morgan fingerprint density at radius 2 is 2.20 bits per heavy atom. The number of aromatic nitrogens is 2. The van der Waals surface area contributed by atoms with Crippen molar-refractivity contribution in [1.29, 1.82) is 0 Å². The molecule has 2 aromatic heterocycles. The van der Waals surface area contributed by atoms with Crippen LogP contribution in [0.25, 0.3) is 5.65 Å². The maximum atomic E-state index is 4.87. The van der Waals surface area contributed by atoms with E-state index in [1.807, 2.05) is 0 Å². The first-order valence-corrected chi connectivity index (χ1v) is 7.66. The third-order valence-corrected chi connectivity index (χ3v) is 3.89. The summed E-state index contributed by atoms with van der Waals surface area (Å²) in [6.45, 7) is 8.48. The second kappa shape index (κ2) is 5.44. The van der Waals surface area contributed by atoms with Crippen LogP contribution in [0.1, 0.15) is 39.3 Å². The Bertz CT molecular complexity index is 583. The molecule has 4 heteroatoms. The van der Waals surface area contributed by atoms with E-state index in [2.05, 4.69) is 59.8 Å². The highest BCUT2D eigenvalue weighted by molar-refractivity contribution is 5.57. The lowest BCUT2D eigenvalue weighted by molar-refractivity contribution is 0.578. The van der Waals surface area contributed by atoms with Gasteiger partial charge in [-0.2, -0.15) is 0 Å². The van der Waals surface area contributed by atoms with E-state index in [9.17, 15) is 0 Å². The van der Waals surface area contributed by atoms with E-state index < -0.39 is 0 Å². The second-order valence-electron chi connectivity index (χ2n) is 5.86. The van der Waals surface area contributed by atoms with Crippen molar-refractivity contribution in [1.82, 2.24) is 14.7 Å². The molecule has 0 saturated heterocycles. The molecule has 1 aliphatic carbocycles. The van der Waals surface area contributed by atoms with Crippen LogP contribution in [0, 0.1) is 0 Å². The Labute approximate surface area is 120 Å². The first-order chi connectivity index (χ1) is 9.70. The SMILES string of the molecule is CCN(c1nc2ccccn2c1CNC(C)C)C1CC1. The summed E-state index contributed by atoms with van der Waals surface area (Å²) in [5.74, 6) is 1.16. The summed E-state index contributed by atoms with van der Waals surface area (Å²) in [7, 11) is 0. The molecular formula is C16H24N4. The quantitative estimate of drug-likeness (QED) is 0.877. The zero-order valence-electron chi connectivity index (χ0n) is 12.6. The minimum atomic E-state index is 0.480. The number of rotatable bonds is 6. The van der Waals surface area contributed by atoms with Gasteiger partial charge in [0.15, 0.2) is 5.82 Å². The Hall–Kier alpha value is -1.55. The van der Waals surface area contributed by atoms with Crippen LogP contribution in [0.15, 0.2) is 24.4 Å². The number of nitrogens with zero attached hydrogens (tertiary/aromatic N) is 3. The van der Waals surface area contributed by atoms with E-state index in [1.165, 1.54) is 18.5 Å². The van der Waals surface area contributed by atoms with Crippen molar-refractivity contribution in [2.24, 2.45) is 0 Å². The lowest BCUT2D eigenvalue weighted by Gasteiger charge is -2.22. The minimum absolute atomic E-state index is 0.480. The summed E-state index contributed by atoms with van der Waals surface area (Å²) in [5, 5.41) is 3.53. The van der Waals surface area contributed by atoms with Gasteiger partial charge in [-0.3, -0.25) is 0 Å². The van der Waals surface area contributed by atoms with E-state index in [-0.39, 0.29) is 0 Å². The smallest absolute Gasteiger partial charge is 0.152 e. The molecule has 0 unspecified atom stereocenters. The molecule has 0 spiro atoms. The molecule has 0 bridgehead atoms. The maximum Gasteiger partial charge on any atom is 0.152 e. The molecule has 4 nitrogen and oxygen atoms in total. The summed E-state index contributed by atoms with van der Waals surface area (Å²) in [6, 6.07) is 7.39. The molecular weight excluding hydrogens is 248 g/mol. The molecule has 0 radical (unpaired) electrons. The number of anilines is 1. The highest BCUT2D eigenvalue weighted by atomic mass is 15.3. The predicted molar refractivity (Wildman–Crippen MR) is 83.2 cm³/mol. The number of nitrogens with one attached hydrogen (secondary N) is 1. The first-order valence-electron chi connectivity index (χ1n) is 7.66. The molecule has 108 valence electrons. The summed E-state index contributed by atoms with van der Waals surface area (Å²) < 4.78 is 2.22. The van der Waals surface area contributed by atoms with Gasteiger partial charge in [0.25, 0.3) is 0 Å². The standard InChI is InChI=1S/C16H24N4/c1-4-19(13-8-9-13)16-14(11-17-12(2)3)20-10-6-5-7-15(20)18-16/h5-7,10,12-13,17H,4,8-9,11H2,1-3H3. The summed E-state index contributed by atoms with van der Waals surface area (Å²) >= 11 is 0. The average molecular weight is 272 g/mol. The topological polar surface area (TPSA) is 32.6 Å². The number of hydrogen-bond acceptors (Lipinski definition) is 3. The van der Waals surface area contributed by atoms with Gasteiger partial charge in [-0.15, -0.1) is 0 Å². The summed E-state index contributed by atoms with van der Waals surface area (Å²) in [6.07, 6.45) is 4.72. The van der Waals surface area contributed by atoms with Crippen LogP contribution in [0.5, 0.6) is 0 Å². The van der Waals surface area contributed by atoms with E-state index in [4.69, 9.17) is 4.98 Å². The molecule has 1 saturated carbocycles. The molecule has 1 N–H and O–H groups in total. The van der Waals surface area contributed by atoms with Gasteiger partial charge in [0.1, 0.15) is 5.65 Å². The number of hydrogen-bond donors (Lipinski definition) is 1. The summed E-state index contributed by atoms with van der Waals surface area (Å²) in [5.41, 5.74) is 2.32. The molecule has 0 atom stereocenters. The van der Waals surface area contributed by atoms with Crippen molar-refractivity contribution in [2.75, 3.05) is 11.4 Å². The van der Waals surface area contributed by atoms with Crippen molar-refractivity contribution in [2.45, 2.75) is 52.2 Å². The number of fused-ring (bicyclic) bond motifs is 1. The van der Waals surface area contributed by atoms with Crippen LogP contribution in [0.4, 0.5) is 5.82 Å². The third kappa shape index (κ3) is 2.52. The highest BCUT2D eigenvalue weighted by Crippen LogP contribution is 2.33. The number of pyridine rings is 1. The zero-order chi connectivity index (χ0) is 14.1. The normalized spacial score (nSPS) is 15.2. The van der Waals surface area contributed by atoms with Gasteiger partial charge < -0.3 is 14.6 Å². The van der Waals surface area contributed by atoms with Gasteiger partial charge in [-0.25, -0.2) is 4.98 Å². The highest BCUT2D eigenvalue weighted by Gasteiger charge is 2.31. The van der Waals surface area contributed by atoms with Crippen molar-refractivity contribution in [3.8, 4) is 0 Å². The maximum absolute atomic E-state index is 4.87. The Balaban J connectivity index is 2.01. The lowest BCUT2D eigenvalue weighted by atomic mass is 10.3. The minimum Gasteiger partial charge on any atom is -0.352 e. The van der Waals surface area contributed by atoms with Gasteiger partial charge in [0.05, 0.1) is 5.69 Å². The van der Waals surface area contributed by atoms with Gasteiger partial charge in [-0.05, 0) is 31.9 Å². The zero-order valence-corrected chi connectivity index (χ0v) is 12.6. The van der Waals surface area contributed by atoms with Gasteiger partial charge in [0, 0.05) is 31.4 Å². The van der Waals surface area contributed by atoms with E-state index in [0.29, 0.717) is 12.1 Å². The van der Waals surface area contributed by atoms with E-state index in [0.717, 1.165) is 24.6 Å². The van der Waals surface area contributed by atoms with Gasteiger partial charge >= 0.3 is 0 Å². The molecule has 2 heterocycles. The van der Waals surface area contributed by atoms with Crippen molar-refractivity contribution in [3.05, 3.63) is 30.1 Å². The van der Waals surface area contributed by atoms with Gasteiger partial charge in [0.2, 0.25) is 0 Å². The van der Waals surface area contributed by atoms with Crippen LogP contribution >= 0.6 is 0 Å². The Morgan fingerprint density at radius 3 is 2.85 bits per heavy atom. The van der Waals surface area contributed by atoms with E-state index >= 15 is 0 Å². The second-order valence-corrected chi connectivity index (χ2v) is 5.86. The molecule has 0 amide bonds. The first kappa shape index (κ1) is 13.4. The van der Waals surface area contributed by atoms with Crippen molar-refractivity contribution in [3.63, 3.8) is 0 Å². The largest absolute Gasteiger partial charge is 0.352 e. The van der Waals surface area contributed by atoms with Crippen LogP contribution in [-0.4, -0.2) is 28.0 Å². The Kier molecular flexibility index (Phi) is 3.66. The average Bonchev–Trinajstić information content (AvgIpc) is 3.19. The fraction of sp³-hybridized carbons (Fsp3) is 0.562.